The molecule has 2 unspecified atom stereocenters. The third kappa shape index (κ3) is 3.30. The van der Waals surface area contributed by atoms with Crippen molar-refractivity contribution < 1.29 is 13.2 Å². The highest BCUT2D eigenvalue weighted by atomic mass is 35.5. The molecular weight excluding hydrogens is 252 g/mol. The van der Waals surface area contributed by atoms with Crippen molar-refractivity contribution in [3.8, 4) is 0 Å². The van der Waals surface area contributed by atoms with Crippen molar-refractivity contribution in [2.75, 3.05) is 25.4 Å². The summed E-state index contributed by atoms with van der Waals surface area (Å²) in [7, 11) is -3.15. The lowest BCUT2D eigenvalue weighted by Gasteiger charge is -2.18. The fourth-order valence-electron chi connectivity index (χ4n) is 2.12. The Morgan fingerprint density at radius 3 is 2.62 bits per heavy atom. The van der Waals surface area contributed by atoms with Gasteiger partial charge in [-0.05, 0) is 19.3 Å². The number of ether oxygens (including phenoxy) is 1. The van der Waals surface area contributed by atoms with Crippen LogP contribution in [0.25, 0.3) is 0 Å². The lowest BCUT2D eigenvalue weighted by molar-refractivity contribution is 0.126. The van der Waals surface area contributed by atoms with E-state index in [9.17, 15) is 8.42 Å². The normalized spacial score (nSPS) is 31.6. The molecule has 0 saturated carbocycles. The van der Waals surface area contributed by atoms with Gasteiger partial charge >= 0.3 is 0 Å². The lowest BCUT2D eigenvalue weighted by Crippen LogP contribution is -2.36. The van der Waals surface area contributed by atoms with E-state index >= 15 is 0 Å². The highest BCUT2D eigenvalue weighted by molar-refractivity contribution is 7.89. The van der Waals surface area contributed by atoms with E-state index in [0.29, 0.717) is 19.7 Å². The molecule has 0 aliphatic carbocycles. The molecule has 2 aliphatic heterocycles. The molecule has 2 heterocycles. The zero-order valence-electron chi connectivity index (χ0n) is 9.17. The summed E-state index contributed by atoms with van der Waals surface area (Å²) in [5.74, 6) is 0.125. The van der Waals surface area contributed by atoms with Crippen molar-refractivity contribution in [2.24, 2.45) is 5.73 Å². The van der Waals surface area contributed by atoms with Crippen LogP contribution < -0.4 is 5.73 Å². The van der Waals surface area contributed by atoms with Crippen molar-refractivity contribution in [1.29, 1.82) is 0 Å². The summed E-state index contributed by atoms with van der Waals surface area (Å²) in [6, 6.07) is 0.00396. The number of nitrogens with two attached hydrogens (primary N) is 1. The molecule has 2 fully saturated rings. The van der Waals surface area contributed by atoms with E-state index in [1.807, 2.05) is 0 Å². The second-order valence-corrected chi connectivity index (χ2v) is 6.33. The summed E-state index contributed by atoms with van der Waals surface area (Å²) < 4.78 is 30.7. The van der Waals surface area contributed by atoms with Crippen LogP contribution >= 0.6 is 12.4 Å². The van der Waals surface area contributed by atoms with Gasteiger partial charge in [0.15, 0.2) is 0 Å². The Morgan fingerprint density at radius 1 is 1.38 bits per heavy atom. The molecule has 0 aromatic heterocycles. The minimum atomic E-state index is -3.15. The topological polar surface area (TPSA) is 72.6 Å². The molecule has 2 N–H and O–H groups in total. The molecular formula is C9H19ClN2O3S. The van der Waals surface area contributed by atoms with Crippen LogP contribution in [0, 0.1) is 0 Å². The van der Waals surface area contributed by atoms with E-state index in [2.05, 4.69) is 0 Å². The van der Waals surface area contributed by atoms with E-state index in [1.165, 1.54) is 4.31 Å². The van der Waals surface area contributed by atoms with Crippen LogP contribution in [-0.4, -0.2) is 50.3 Å². The van der Waals surface area contributed by atoms with Gasteiger partial charge in [-0.1, -0.05) is 0 Å². The minimum absolute atomic E-state index is 0. The lowest BCUT2D eigenvalue weighted by atomic mass is 10.3. The van der Waals surface area contributed by atoms with Gasteiger partial charge in [0.2, 0.25) is 10.0 Å². The van der Waals surface area contributed by atoms with Crippen molar-refractivity contribution in [3.05, 3.63) is 0 Å². The van der Waals surface area contributed by atoms with Crippen LogP contribution in [0.2, 0.25) is 0 Å². The summed E-state index contributed by atoms with van der Waals surface area (Å²) in [4.78, 5) is 0. The van der Waals surface area contributed by atoms with Crippen molar-refractivity contribution in [1.82, 2.24) is 4.31 Å². The molecule has 2 saturated heterocycles. The first-order valence-corrected chi connectivity index (χ1v) is 7.04. The monoisotopic (exact) mass is 270 g/mol. The van der Waals surface area contributed by atoms with Crippen LogP contribution in [0.15, 0.2) is 0 Å². The van der Waals surface area contributed by atoms with Gasteiger partial charge in [0.05, 0.1) is 11.9 Å². The second kappa shape index (κ2) is 5.64. The van der Waals surface area contributed by atoms with Crippen molar-refractivity contribution in [3.63, 3.8) is 0 Å². The Kier molecular flexibility index (Phi) is 5.00. The van der Waals surface area contributed by atoms with Gasteiger partial charge in [-0.25, -0.2) is 12.7 Å². The largest absolute Gasteiger partial charge is 0.377 e. The predicted octanol–water partition coefficient (Wildman–Crippen LogP) is -0.0500. The Labute approximate surface area is 103 Å². The summed E-state index contributed by atoms with van der Waals surface area (Å²) in [5, 5.41) is 0. The number of halogens is 1. The van der Waals surface area contributed by atoms with E-state index in [1.54, 1.807) is 0 Å². The van der Waals surface area contributed by atoms with Gasteiger partial charge in [0, 0.05) is 25.7 Å². The van der Waals surface area contributed by atoms with Gasteiger partial charge in [0.1, 0.15) is 0 Å². The number of rotatable bonds is 3. The van der Waals surface area contributed by atoms with Gasteiger partial charge in [-0.2, -0.15) is 0 Å². The SMILES string of the molecule is Cl.NC1CCN(S(=O)(=O)CC2CCCO2)C1. The molecule has 0 amide bonds. The van der Waals surface area contributed by atoms with Crippen molar-refractivity contribution in [2.45, 2.75) is 31.4 Å². The number of hydrogen-bond donors (Lipinski definition) is 1. The quantitative estimate of drug-likeness (QED) is 0.781. The van der Waals surface area contributed by atoms with E-state index in [0.717, 1.165) is 19.3 Å². The Morgan fingerprint density at radius 2 is 2.12 bits per heavy atom. The standard InChI is InChI=1S/C9H18N2O3S.ClH/c10-8-3-4-11(6-8)15(12,13)7-9-2-1-5-14-9;/h8-9H,1-7,10H2;1H. The molecule has 96 valence electrons. The van der Waals surface area contributed by atoms with Crippen molar-refractivity contribution >= 4 is 22.4 Å². The summed E-state index contributed by atoms with van der Waals surface area (Å²) in [5.41, 5.74) is 5.69. The molecule has 16 heavy (non-hydrogen) atoms. The predicted molar refractivity (Wildman–Crippen MR) is 64.2 cm³/mol. The fraction of sp³-hybridized carbons (Fsp3) is 1.00. The average molecular weight is 271 g/mol. The Hall–Kier alpha value is 0.120. The maximum atomic E-state index is 11.9. The van der Waals surface area contributed by atoms with Crippen LogP contribution in [0.1, 0.15) is 19.3 Å². The van der Waals surface area contributed by atoms with E-state index in [-0.39, 0.29) is 30.3 Å². The summed E-state index contributed by atoms with van der Waals surface area (Å²) >= 11 is 0. The third-order valence-corrected chi connectivity index (χ3v) is 4.91. The van der Waals surface area contributed by atoms with E-state index in [4.69, 9.17) is 10.5 Å². The molecule has 0 radical (unpaired) electrons. The minimum Gasteiger partial charge on any atom is -0.377 e. The van der Waals surface area contributed by atoms with Gasteiger partial charge in [-0.15, -0.1) is 12.4 Å². The Balaban J connectivity index is 0.00000128. The van der Waals surface area contributed by atoms with E-state index < -0.39 is 10.0 Å². The van der Waals surface area contributed by atoms with Crippen LogP contribution in [0.3, 0.4) is 0 Å². The molecule has 2 atom stereocenters. The van der Waals surface area contributed by atoms with Crippen LogP contribution in [-0.2, 0) is 14.8 Å². The molecule has 0 spiro atoms. The highest BCUT2D eigenvalue weighted by Crippen LogP contribution is 2.18. The second-order valence-electron chi connectivity index (χ2n) is 4.32. The summed E-state index contributed by atoms with van der Waals surface area (Å²) in [6.45, 7) is 1.73. The first kappa shape index (κ1) is 14.2. The molecule has 0 bridgehead atoms. The number of sulfonamides is 1. The first-order valence-electron chi connectivity index (χ1n) is 5.43. The highest BCUT2D eigenvalue weighted by Gasteiger charge is 2.32. The molecule has 0 aromatic carbocycles. The van der Waals surface area contributed by atoms with Crippen LogP contribution in [0.5, 0.6) is 0 Å². The van der Waals surface area contributed by atoms with Gasteiger partial charge in [-0.3, -0.25) is 0 Å². The molecule has 2 aliphatic rings. The average Bonchev–Trinajstić information content (AvgIpc) is 2.75. The zero-order chi connectivity index (χ0) is 10.9. The fourth-order valence-corrected chi connectivity index (χ4v) is 3.87. The zero-order valence-corrected chi connectivity index (χ0v) is 10.8. The molecule has 0 aromatic rings. The maximum absolute atomic E-state index is 11.9. The number of nitrogens with zero attached hydrogens (tertiary/aromatic N) is 1. The van der Waals surface area contributed by atoms with Gasteiger partial charge < -0.3 is 10.5 Å². The number of hydrogen-bond acceptors (Lipinski definition) is 4. The smallest absolute Gasteiger partial charge is 0.216 e. The first-order chi connectivity index (χ1) is 7.08. The van der Waals surface area contributed by atoms with Crippen LogP contribution in [0.4, 0.5) is 0 Å². The molecule has 5 nitrogen and oxygen atoms in total. The summed E-state index contributed by atoms with van der Waals surface area (Å²) in [6.07, 6.45) is 2.50. The van der Waals surface area contributed by atoms with Gasteiger partial charge in [0.25, 0.3) is 0 Å². The Bertz CT molecular complexity index is 317. The maximum Gasteiger partial charge on any atom is 0.216 e. The molecule has 7 heteroatoms. The molecule has 2 rings (SSSR count). The third-order valence-electron chi connectivity index (χ3n) is 3.00.